The fraction of sp³-hybridized carbons (Fsp3) is 0.200. The predicted molar refractivity (Wildman–Crippen MR) is 54.7 cm³/mol. The zero-order chi connectivity index (χ0) is 10.3. The number of aromatic nitrogens is 2. The maximum Gasteiger partial charge on any atom is 0.261 e. The van der Waals surface area contributed by atoms with E-state index >= 15 is 0 Å². The lowest BCUT2D eigenvalue weighted by Gasteiger charge is -1.99. The third-order valence-electron chi connectivity index (χ3n) is 2.53. The summed E-state index contributed by atoms with van der Waals surface area (Å²) in [7, 11) is 0. The molecule has 0 unspecified atom stereocenters. The van der Waals surface area contributed by atoms with Crippen LogP contribution in [0.4, 0.5) is 5.95 Å². The molecule has 5 nitrogen and oxygen atoms in total. The van der Waals surface area contributed by atoms with E-state index in [0.29, 0.717) is 5.89 Å². The summed E-state index contributed by atoms with van der Waals surface area (Å²) in [6.07, 6.45) is 0. The van der Waals surface area contributed by atoms with E-state index in [-0.39, 0.29) is 5.95 Å². The van der Waals surface area contributed by atoms with Crippen LogP contribution in [0.5, 0.6) is 0 Å². The summed E-state index contributed by atoms with van der Waals surface area (Å²) < 4.78 is 5.00. The van der Waals surface area contributed by atoms with Crippen molar-refractivity contribution in [3.05, 3.63) is 29.3 Å². The van der Waals surface area contributed by atoms with Gasteiger partial charge in [-0.05, 0) is 28.4 Å². The van der Waals surface area contributed by atoms with Crippen molar-refractivity contribution >= 4 is 5.95 Å². The van der Waals surface area contributed by atoms with Crippen LogP contribution in [0.3, 0.4) is 0 Å². The first-order chi connectivity index (χ1) is 7.33. The van der Waals surface area contributed by atoms with E-state index in [1.807, 2.05) is 6.07 Å². The molecule has 3 rings (SSSR count). The third-order valence-corrected chi connectivity index (χ3v) is 2.53. The van der Waals surface area contributed by atoms with Crippen LogP contribution in [-0.2, 0) is 13.1 Å². The molecule has 0 bridgehead atoms. The fourth-order valence-corrected chi connectivity index (χ4v) is 1.78. The minimum absolute atomic E-state index is 0.170. The predicted octanol–water partition coefficient (Wildman–Crippen LogP) is 0.922. The average molecular weight is 202 g/mol. The zero-order valence-corrected chi connectivity index (χ0v) is 8.03. The molecule has 5 heteroatoms. The van der Waals surface area contributed by atoms with E-state index in [4.69, 9.17) is 10.3 Å². The summed E-state index contributed by atoms with van der Waals surface area (Å²) in [5.74, 6) is 0.644. The number of nitrogen functional groups attached to an aromatic ring is 1. The van der Waals surface area contributed by atoms with E-state index in [2.05, 4.69) is 27.6 Å². The summed E-state index contributed by atoms with van der Waals surface area (Å²) in [6, 6.07) is 6.10. The Bertz CT molecular complexity index is 506. The molecule has 0 radical (unpaired) electrons. The van der Waals surface area contributed by atoms with Gasteiger partial charge in [0.1, 0.15) is 0 Å². The Balaban J connectivity index is 2.06. The molecule has 1 aromatic heterocycles. The lowest BCUT2D eigenvalue weighted by atomic mass is 10.1. The van der Waals surface area contributed by atoms with Crippen LogP contribution in [-0.4, -0.2) is 10.1 Å². The quantitative estimate of drug-likeness (QED) is 0.719. The average Bonchev–Trinajstić information content (AvgIpc) is 2.84. The largest absolute Gasteiger partial charge is 0.365 e. The van der Waals surface area contributed by atoms with Gasteiger partial charge in [0.25, 0.3) is 11.8 Å². The highest BCUT2D eigenvalue weighted by molar-refractivity contribution is 5.57. The number of rotatable bonds is 1. The summed E-state index contributed by atoms with van der Waals surface area (Å²) in [6.45, 7) is 1.83. The van der Waals surface area contributed by atoms with Gasteiger partial charge in [-0.25, -0.2) is 0 Å². The summed E-state index contributed by atoms with van der Waals surface area (Å²) in [5, 5.41) is 6.84. The van der Waals surface area contributed by atoms with Crippen molar-refractivity contribution in [2.75, 3.05) is 5.73 Å². The van der Waals surface area contributed by atoms with Crippen LogP contribution in [0.15, 0.2) is 22.7 Å². The summed E-state index contributed by atoms with van der Waals surface area (Å²) in [4.78, 5) is 3.99. The van der Waals surface area contributed by atoms with Gasteiger partial charge in [-0.3, -0.25) is 0 Å². The van der Waals surface area contributed by atoms with Gasteiger partial charge in [-0.2, -0.15) is 4.98 Å². The molecule has 1 aromatic carbocycles. The van der Waals surface area contributed by atoms with Gasteiger partial charge >= 0.3 is 0 Å². The smallest absolute Gasteiger partial charge is 0.261 e. The Kier molecular flexibility index (Phi) is 1.72. The highest BCUT2D eigenvalue weighted by atomic mass is 16.5. The number of benzene rings is 1. The molecule has 0 atom stereocenters. The van der Waals surface area contributed by atoms with Crippen LogP contribution in [0.2, 0.25) is 0 Å². The van der Waals surface area contributed by atoms with Crippen LogP contribution < -0.4 is 11.1 Å². The van der Waals surface area contributed by atoms with Crippen molar-refractivity contribution in [2.45, 2.75) is 13.1 Å². The minimum Gasteiger partial charge on any atom is -0.365 e. The van der Waals surface area contributed by atoms with Gasteiger partial charge < -0.3 is 15.6 Å². The van der Waals surface area contributed by atoms with Crippen LogP contribution in [0.1, 0.15) is 11.1 Å². The van der Waals surface area contributed by atoms with E-state index < -0.39 is 0 Å². The van der Waals surface area contributed by atoms with E-state index in [1.165, 1.54) is 11.1 Å². The fourth-order valence-electron chi connectivity index (χ4n) is 1.78. The molecule has 0 fully saturated rings. The Labute approximate surface area is 86.3 Å². The Morgan fingerprint density at radius 3 is 2.93 bits per heavy atom. The van der Waals surface area contributed by atoms with Crippen molar-refractivity contribution in [1.82, 2.24) is 15.5 Å². The van der Waals surface area contributed by atoms with Gasteiger partial charge in [-0.15, -0.1) is 0 Å². The molecule has 76 valence electrons. The zero-order valence-electron chi connectivity index (χ0n) is 8.03. The Morgan fingerprint density at radius 1 is 1.27 bits per heavy atom. The third kappa shape index (κ3) is 1.37. The molecule has 1 aliphatic heterocycles. The molecular formula is C10H10N4O. The molecule has 1 aliphatic rings. The first-order valence-electron chi connectivity index (χ1n) is 4.75. The van der Waals surface area contributed by atoms with Gasteiger partial charge in [0.15, 0.2) is 0 Å². The maximum absolute atomic E-state index is 5.40. The number of fused-ring (bicyclic) bond motifs is 1. The van der Waals surface area contributed by atoms with Crippen molar-refractivity contribution < 1.29 is 4.52 Å². The van der Waals surface area contributed by atoms with Gasteiger partial charge in [0.05, 0.1) is 0 Å². The highest BCUT2D eigenvalue weighted by Crippen LogP contribution is 2.23. The Morgan fingerprint density at radius 2 is 2.13 bits per heavy atom. The molecular weight excluding hydrogens is 192 g/mol. The molecule has 0 amide bonds. The SMILES string of the molecule is Nc1noc(-c2ccc3c(c2)CNC3)n1. The highest BCUT2D eigenvalue weighted by Gasteiger charge is 2.13. The van der Waals surface area contributed by atoms with E-state index in [0.717, 1.165) is 18.7 Å². The molecule has 2 aromatic rings. The second-order valence-corrected chi connectivity index (χ2v) is 3.54. The number of hydrogen-bond acceptors (Lipinski definition) is 5. The first kappa shape index (κ1) is 8.43. The molecule has 0 aliphatic carbocycles. The standard InChI is InChI=1S/C10H10N4O/c11-10-13-9(15-14-10)6-1-2-7-4-12-5-8(7)3-6/h1-3,12H,4-5H2,(H2,11,14). The van der Waals surface area contributed by atoms with Crippen LogP contribution in [0, 0.1) is 0 Å². The normalized spacial score (nSPS) is 14.1. The lowest BCUT2D eigenvalue weighted by molar-refractivity contribution is 0.433. The van der Waals surface area contributed by atoms with E-state index in [9.17, 15) is 0 Å². The first-order valence-corrected chi connectivity index (χ1v) is 4.75. The molecule has 0 saturated carbocycles. The second-order valence-electron chi connectivity index (χ2n) is 3.54. The summed E-state index contributed by atoms with van der Waals surface area (Å²) >= 11 is 0. The molecule has 2 heterocycles. The number of anilines is 1. The minimum atomic E-state index is 0.170. The maximum atomic E-state index is 5.40. The monoisotopic (exact) mass is 202 g/mol. The molecule has 0 spiro atoms. The molecule has 15 heavy (non-hydrogen) atoms. The summed E-state index contributed by atoms with van der Waals surface area (Å²) in [5.41, 5.74) is 8.93. The van der Waals surface area contributed by atoms with E-state index in [1.54, 1.807) is 0 Å². The lowest BCUT2D eigenvalue weighted by Crippen LogP contribution is -1.99. The van der Waals surface area contributed by atoms with Gasteiger partial charge in [0, 0.05) is 18.7 Å². The Hall–Kier alpha value is -1.88. The topological polar surface area (TPSA) is 77.0 Å². The molecule has 3 N–H and O–H groups in total. The van der Waals surface area contributed by atoms with Gasteiger partial charge in [0.2, 0.25) is 0 Å². The van der Waals surface area contributed by atoms with Gasteiger partial charge in [-0.1, -0.05) is 6.07 Å². The van der Waals surface area contributed by atoms with Crippen molar-refractivity contribution in [3.63, 3.8) is 0 Å². The number of nitrogens with one attached hydrogen (secondary N) is 1. The number of hydrogen-bond donors (Lipinski definition) is 2. The number of nitrogens with zero attached hydrogens (tertiary/aromatic N) is 2. The van der Waals surface area contributed by atoms with Crippen LogP contribution >= 0.6 is 0 Å². The van der Waals surface area contributed by atoms with Crippen LogP contribution in [0.25, 0.3) is 11.5 Å². The van der Waals surface area contributed by atoms with Crippen molar-refractivity contribution in [1.29, 1.82) is 0 Å². The molecule has 0 saturated heterocycles. The number of nitrogens with two attached hydrogens (primary N) is 1. The second kappa shape index (κ2) is 3.06. The van der Waals surface area contributed by atoms with Crippen molar-refractivity contribution in [3.8, 4) is 11.5 Å². The van der Waals surface area contributed by atoms with Crippen molar-refractivity contribution in [2.24, 2.45) is 0 Å².